The molecule has 1 heterocycles. The summed E-state index contributed by atoms with van der Waals surface area (Å²) in [4.78, 5) is 0. The molecule has 0 N–H and O–H groups in total. The highest BCUT2D eigenvalue weighted by atomic mass is 16.8. The number of methoxy groups -OCH3 is 1. The highest BCUT2D eigenvalue weighted by Gasteiger charge is 2.58. The maximum Gasteiger partial charge on any atom is 0.164 e. The lowest BCUT2D eigenvalue weighted by Gasteiger charge is -2.38. The predicted octanol–water partition coefficient (Wildman–Crippen LogP) is 4.87. The summed E-state index contributed by atoms with van der Waals surface area (Å²) in [7, 11) is 1.59. The van der Waals surface area contributed by atoms with Crippen molar-refractivity contribution in [3.8, 4) is 0 Å². The summed E-state index contributed by atoms with van der Waals surface area (Å²) in [6, 6.07) is 20.0. The van der Waals surface area contributed by atoms with Gasteiger partial charge in [-0.05, 0) is 31.9 Å². The molecule has 3 rings (SSSR count). The molecule has 0 unspecified atom stereocenters. The second kappa shape index (κ2) is 11.9. The van der Waals surface area contributed by atoms with Crippen LogP contribution in [-0.4, -0.2) is 50.2 Å². The number of benzene rings is 2. The number of ether oxygens (including phenoxy) is 6. The monoisotopic (exact) mass is 456 g/mol. The minimum atomic E-state index is -0.938. The fraction of sp³-hybridized carbons (Fsp3) is 0.481. The molecule has 0 saturated carbocycles. The van der Waals surface area contributed by atoms with Crippen LogP contribution in [-0.2, 0) is 41.6 Å². The zero-order valence-electron chi connectivity index (χ0n) is 20.1. The van der Waals surface area contributed by atoms with Crippen LogP contribution in [0.25, 0.3) is 0 Å². The molecule has 1 saturated heterocycles. The Bertz CT molecular complexity index is 840. The van der Waals surface area contributed by atoms with Crippen molar-refractivity contribution in [3.63, 3.8) is 0 Å². The van der Waals surface area contributed by atoms with Crippen molar-refractivity contribution >= 4 is 0 Å². The third kappa shape index (κ3) is 6.73. The smallest absolute Gasteiger partial charge is 0.164 e. The molecule has 180 valence electrons. The first-order valence-corrected chi connectivity index (χ1v) is 11.3. The maximum absolute atomic E-state index is 6.43. The molecule has 6 heteroatoms. The van der Waals surface area contributed by atoms with E-state index in [4.69, 9.17) is 28.4 Å². The Morgan fingerprint density at radius 1 is 0.970 bits per heavy atom. The lowest BCUT2D eigenvalue weighted by molar-refractivity contribution is -0.182. The van der Waals surface area contributed by atoms with Crippen molar-refractivity contribution in [1.82, 2.24) is 0 Å². The molecule has 6 nitrogen and oxygen atoms in total. The zero-order valence-corrected chi connectivity index (χ0v) is 20.1. The van der Waals surface area contributed by atoms with Crippen LogP contribution < -0.4 is 0 Å². The van der Waals surface area contributed by atoms with E-state index in [2.05, 4.69) is 6.58 Å². The van der Waals surface area contributed by atoms with Gasteiger partial charge in [0.25, 0.3) is 0 Å². The van der Waals surface area contributed by atoms with Gasteiger partial charge in [-0.1, -0.05) is 66.7 Å². The van der Waals surface area contributed by atoms with E-state index >= 15 is 0 Å². The highest BCUT2D eigenvalue weighted by molar-refractivity contribution is 5.16. The van der Waals surface area contributed by atoms with E-state index in [9.17, 15) is 0 Å². The van der Waals surface area contributed by atoms with Gasteiger partial charge in [-0.3, -0.25) is 0 Å². The second-order valence-electron chi connectivity index (χ2n) is 8.65. The molecule has 4 atom stereocenters. The van der Waals surface area contributed by atoms with Gasteiger partial charge in [-0.15, -0.1) is 6.58 Å². The van der Waals surface area contributed by atoms with Gasteiger partial charge in [0, 0.05) is 7.11 Å². The first kappa shape index (κ1) is 25.6. The third-order valence-electron chi connectivity index (χ3n) is 5.71. The first-order chi connectivity index (χ1) is 15.9. The molecular formula is C27H36O6. The quantitative estimate of drug-likeness (QED) is 0.317. The van der Waals surface area contributed by atoms with Crippen molar-refractivity contribution < 1.29 is 28.4 Å². The topological polar surface area (TPSA) is 55.4 Å². The van der Waals surface area contributed by atoms with Crippen LogP contribution in [0.4, 0.5) is 0 Å². The Kier molecular flexibility index (Phi) is 9.20. The average molecular weight is 457 g/mol. The van der Waals surface area contributed by atoms with Crippen molar-refractivity contribution in [2.75, 3.05) is 20.5 Å². The molecule has 0 spiro atoms. The van der Waals surface area contributed by atoms with Crippen LogP contribution in [0.5, 0.6) is 0 Å². The minimum Gasteiger partial charge on any atom is -0.374 e. The summed E-state index contributed by atoms with van der Waals surface area (Å²) in [5.41, 5.74) is 1.23. The number of rotatable bonds is 13. The van der Waals surface area contributed by atoms with Crippen molar-refractivity contribution in [1.29, 1.82) is 0 Å². The molecule has 2 aromatic carbocycles. The van der Waals surface area contributed by atoms with Crippen molar-refractivity contribution in [2.24, 2.45) is 0 Å². The third-order valence-corrected chi connectivity index (χ3v) is 5.71. The molecule has 0 radical (unpaired) electrons. The maximum atomic E-state index is 6.43. The van der Waals surface area contributed by atoms with Crippen LogP contribution in [0, 0.1) is 0 Å². The SMILES string of the molecule is C=C[C@]1([C@@H](C)OCc2ccccc2)OC(C)(C)O[C@H]1[C@@H](COCc1ccccc1)OCOC. The van der Waals surface area contributed by atoms with E-state index in [1.165, 1.54) is 0 Å². The summed E-state index contributed by atoms with van der Waals surface area (Å²) in [5.74, 6) is -0.850. The molecule has 2 aromatic rings. The van der Waals surface area contributed by atoms with Gasteiger partial charge in [0.1, 0.15) is 24.6 Å². The van der Waals surface area contributed by atoms with E-state index in [0.717, 1.165) is 11.1 Å². The average Bonchev–Trinajstić information content (AvgIpc) is 3.12. The van der Waals surface area contributed by atoms with Crippen LogP contribution in [0.15, 0.2) is 73.3 Å². The Morgan fingerprint density at radius 2 is 1.58 bits per heavy atom. The molecule has 0 bridgehead atoms. The lowest BCUT2D eigenvalue weighted by Crippen LogP contribution is -2.55. The Morgan fingerprint density at radius 3 is 2.15 bits per heavy atom. The van der Waals surface area contributed by atoms with Crippen LogP contribution in [0.2, 0.25) is 0 Å². The van der Waals surface area contributed by atoms with Gasteiger partial charge in [0.05, 0.1) is 25.9 Å². The van der Waals surface area contributed by atoms with Gasteiger partial charge in [0.2, 0.25) is 0 Å². The van der Waals surface area contributed by atoms with Gasteiger partial charge in [0.15, 0.2) is 5.79 Å². The molecule has 0 amide bonds. The lowest BCUT2D eigenvalue weighted by atomic mass is 9.87. The zero-order chi connectivity index (χ0) is 23.7. The summed E-state index contributed by atoms with van der Waals surface area (Å²) < 4.78 is 36.3. The molecule has 1 fully saturated rings. The largest absolute Gasteiger partial charge is 0.374 e. The fourth-order valence-corrected chi connectivity index (χ4v) is 4.08. The Balaban J connectivity index is 1.76. The molecule has 33 heavy (non-hydrogen) atoms. The highest BCUT2D eigenvalue weighted by Crippen LogP contribution is 2.43. The summed E-state index contributed by atoms with van der Waals surface area (Å²) in [6.45, 7) is 11.1. The molecular weight excluding hydrogens is 420 g/mol. The van der Waals surface area contributed by atoms with E-state index in [0.29, 0.717) is 19.8 Å². The summed E-state index contributed by atoms with van der Waals surface area (Å²) >= 11 is 0. The molecule has 1 aliphatic heterocycles. The van der Waals surface area contributed by atoms with E-state index < -0.39 is 23.6 Å². The van der Waals surface area contributed by atoms with Crippen LogP contribution in [0.3, 0.4) is 0 Å². The van der Waals surface area contributed by atoms with E-state index in [1.807, 2.05) is 81.4 Å². The fourth-order valence-electron chi connectivity index (χ4n) is 4.08. The molecule has 0 aliphatic carbocycles. The van der Waals surface area contributed by atoms with E-state index in [1.54, 1.807) is 13.2 Å². The van der Waals surface area contributed by atoms with E-state index in [-0.39, 0.29) is 12.9 Å². The predicted molar refractivity (Wildman–Crippen MR) is 127 cm³/mol. The summed E-state index contributed by atoms with van der Waals surface area (Å²) in [6.07, 6.45) is 0.435. The minimum absolute atomic E-state index is 0.103. The van der Waals surface area contributed by atoms with Gasteiger partial charge in [-0.2, -0.15) is 0 Å². The standard InChI is InChI=1S/C27H36O6/c1-6-27(21(2)30-18-23-15-11-8-12-16-23)25(32-26(3,4)33-27)24(31-20-28-5)19-29-17-22-13-9-7-10-14-22/h6-16,21,24-25H,1,17-20H2,2-5H3/t21-,24-,25+,27-/m1/s1. The normalized spacial score (nSPS) is 23.8. The molecule has 0 aromatic heterocycles. The second-order valence-corrected chi connectivity index (χ2v) is 8.65. The first-order valence-electron chi connectivity index (χ1n) is 11.3. The number of hydrogen-bond acceptors (Lipinski definition) is 6. The molecule has 1 aliphatic rings. The number of hydrogen-bond donors (Lipinski definition) is 0. The van der Waals surface area contributed by atoms with Crippen molar-refractivity contribution in [2.45, 2.75) is 63.7 Å². The Labute approximate surface area is 197 Å². The van der Waals surface area contributed by atoms with Crippen molar-refractivity contribution in [3.05, 3.63) is 84.4 Å². The van der Waals surface area contributed by atoms with Gasteiger partial charge < -0.3 is 28.4 Å². The van der Waals surface area contributed by atoms with Crippen LogP contribution in [0.1, 0.15) is 31.9 Å². The Hall–Kier alpha value is -2.06. The van der Waals surface area contributed by atoms with Crippen LogP contribution >= 0.6 is 0 Å². The van der Waals surface area contributed by atoms with Gasteiger partial charge >= 0.3 is 0 Å². The summed E-state index contributed by atoms with van der Waals surface area (Å²) in [5, 5.41) is 0. The van der Waals surface area contributed by atoms with Gasteiger partial charge in [-0.25, -0.2) is 0 Å².